The molecule has 108 valence electrons. The molecule has 0 spiro atoms. The Morgan fingerprint density at radius 2 is 2.10 bits per heavy atom. The Morgan fingerprint density at radius 1 is 1.40 bits per heavy atom. The number of hydrogen-bond donors (Lipinski definition) is 2. The van der Waals surface area contributed by atoms with Gasteiger partial charge in [0.2, 0.25) is 0 Å². The first kappa shape index (κ1) is 14.9. The van der Waals surface area contributed by atoms with E-state index in [0.29, 0.717) is 5.16 Å². The lowest BCUT2D eigenvalue weighted by Gasteiger charge is -2.24. The summed E-state index contributed by atoms with van der Waals surface area (Å²) in [6.45, 7) is 5.13. The zero-order chi connectivity index (χ0) is 14.5. The van der Waals surface area contributed by atoms with Gasteiger partial charge in [-0.2, -0.15) is 0 Å². The van der Waals surface area contributed by atoms with E-state index in [1.165, 1.54) is 10.1 Å². The number of H-pyrrole nitrogens is 1. The first-order valence-electron chi connectivity index (χ1n) is 6.69. The third kappa shape index (κ3) is 3.32. The minimum absolute atomic E-state index is 0.181. The summed E-state index contributed by atoms with van der Waals surface area (Å²) in [5.41, 5.74) is 1.06. The van der Waals surface area contributed by atoms with E-state index < -0.39 is 0 Å². The minimum atomic E-state index is -0.181. The molecule has 0 bridgehead atoms. The molecule has 0 aliphatic carbocycles. The Hall–Kier alpha value is -1.53. The van der Waals surface area contributed by atoms with Gasteiger partial charge in [-0.15, -0.1) is 5.10 Å². The molecule has 0 saturated heterocycles. The van der Waals surface area contributed by atoms with Crippen molar-refractivity contribution in [1.29, 1.82) is 0 Å². The smallest absolute Gasteiger partial charge is 0.309 e. The highest BCUT2D eigenvalue weighted by Crippen LogP contribution is 2.30. The van der Waals surface area contributed by atoms with Crippen molar-refractivity contribution < 1.29 is 0 Å². The molecule has 2 N–H and O–H groups in total. The summed E-state index contributed by atoms with van der Waals surface area (Å²) in [5, 5.41) is 11.0. The van der Waals surface area contributed by atoms with E-state index in [1.807, 2.05) is 18.2 Å². The molecule has 0 saturated carbocycles. The molecule has 0 amide bonds. The highest BCUT2D eigenvalue weighted by Gasteiger charge is 2.21. The van der Waals surface area contributed by atoms with Crippen molar-refractivity contribution in [3.8, 4) is 0 Å². The van der Waals surface area contributed by atoms with Crippen LogP contribution in [0.4, 0.5) is 0 Å². The molecule has 0 fully saturated rings. The highest BCUT2D eigenvalue weighted by atomic mass is 32.2. The second-order valence-electron chi connectivity index (χ2n) is 4.64. The van der Waals surface area contributed by atoms with Crippen LogP contribution in [-0.4, -0.2) is 26.6 Å². The molecule has 6 heteroatoms. The van der Waals surface area contributed by atoms with Crippen molar-refractivity contribution in [3.05, 3.63) is 46.4 Å². The van der Waals surface area contributed by atoms with E-state index in [4.69, 9.17) is 0 Å². The predicted octanol–water partition coefficient (Wildman–Crippen LogP) is 1.94. The number of nitrogens with one attached hydrogen (secondary N) is 2. The summed E-state index contributed by atoms with van der Waals surface area (Å²) in [4.78, 5) is 11.4. The molecular formula is C14H20N4OS. The van der Waals surface area contributed by atoms with E-state index in [0.717, 1.165) is 6.54 Å². The largest absolute Gasteiger partial charge is 0.343 e. The van der Waals surface area contributed by atoms with Gasteiger partial charge in [0.05, 0.1) is 0 Å². The first-order valence-corrected chi connectivity index (χ1v) is 7.57. The van der Waals surface area contributed by atoms with E-state index in [9.17, 15) is 4.79 Å². The van der Waals surface area contributed by atoms with Crippen LogP contribution in [0.1, 0.15) is 25.5 Å². The van der Waals surface area contributed by atoms with Crippen molar-refractivity contribution in [2.45, 2.75) is 30.3 Å². The molecule has 1 heterocycles. The molecule has 2 atom stereocenters. The monoisotopic (exact) mass is 292 g/mol. The number of aromatic nitrogens is 3. The maximum atomic E-state index is 11.4. The van der Waals surface area contributed by atoms with E-state index in [-0.39, 0.29) is 17.0 Å². The number of thioether (sulfide) groups is 1. The normalized spacial score (nSPS) is 14.2. The standard InChI is InChI=1S/C14H20N4OS/c1-4-15-12(11-8-6-5-7-9-11)10(2)20-14-17-16-13(19)18(14)3/h5-10,12,15H,4H2,1-3H3,(H,16,19). The van der Waals surface area contributed by atoms with Crippen LogP contribution >= 0.6 is 11.8 Å². The van der Waals surface area contributed by atoms with Crippen molar-refractivity contribution in [3.63, 3.8) is 0 Å². The molecule has 2 rings (SSSR count). The highest BCUT2D eigenvalue weighted by molar-refractivity contribution is 7.99. The molecule has 20 heavy (non-hydrogen) atoms. The van der Waals surface area contributed by atoms with Gasteiger partial charge in [0.1, 0.15) is 0 Å². The molecule has 0 aliphatic heterocycles. The zero-order valence-electron chi connectivity index (χ0n) is 12.0. The zero-order valence-corrected chi connectivity index (χ0v) is 12.8. The van der Waals surface area contributed by atoms with Crippen LogP contribution < -0.4 is 11.0 Å². The number of rotatable bonds is 6. The average Bonchev–Trinajstić information content (AvgIpc) is 2.77. The fraction of sp³-hybridized carbons (Fsp3) is 0.429. The maximum absolute atomic E-state index is 11.4. The van der Waals surface area contributed by atoms with Gasteiger partial charge >= 0.3 is 5.69 Å². The van der Waals surface area contributed by atoms with Gasteiger partial charge in [0, 0.05) is 18.3 Å². The fourth-order valence-electron chi connectivity index (χ4n) is 2.11. The molecule has 0 aliphatic rings. The van der Waals surface area contributed by atoms with Crippen molar-refractivity contribution in [2.75, 3.05) is 6.54 Å². The third-order valence-corrected chi connectivity index (χ3v) is 4.40. The summed E-state index contributed by atoms with van der Waals surface area (Å²) in [5.74, 6) is 0. The van der Waals surface area contributed by atoms with E-state index in [1.54, 1.807) is 18.8 Å². The van der Waals surface area contributed by atoms with Gasteiger partial charge in [0.25, 0.3) is 0 Å². The molecule has 2 unspecified atom stereocenters. The maximum Gasteiger partial charge on any atom is 0.343 e. The average molecular weight is 292 g/mol. The summed E-state index contributed by atoms with van der Waals surface area (Å²) in [6, 6.07) is 10.6. The second kappa shape index (κ2) is 6.76. The lowest BCUT2D eigenvalue weighted by molar-refractivity contribution is 0.546. The fourth-order valence-corrected chi connectivity index (χ4v) is 3.17. The lowest BCUT2D eigenvalue weighted by atomic mass is 10.0. The predicted molar refractivity (Wildman–Crippen MR) is 82.0 cm³/mol. The van der Waals surface area contributed by atoms with Gasteiger partial charge in [-0.25, -0.2) is 9.89 Å². The first-order chi connectivity index (χ1) is 9.63. The Balaban J connectivity index is 2.17. The number of nitrogens with zero attached hydrogens (tertiary/aromatic N) is 2. The van der Waals surface area contributed by atoms with E-state index >= 15 is 0 Å². The Morgan fingerprint density at radius 3 is 2.65 bits per heavy atom. The Labute approximate surface area is 122 Å². The second-order valence-corrected chi connectivity index (χ2v) is 5.98. The van der Waals surface area contributed by atoms with Crippen LogP contribution in [0.5, 0.6) is 0 Å². The number of hydrogen-bond acceptors (Lipinski definition) is 4. The molecule has 0 radical (unpaired) electrons. The Kier molecular flexibility index (Phi) is 5.03. The quantitative estimate of drug-likeness (QED) is 0.799. The van der Waals surface area contributed by atoms with Crippen LogP contribution in [-0.2, 0) is 7.05 Å². The van der Waals surface area contributed by atoms with Gasteiger partial charge in [-0.1, -0.05) is 55.9 Å². The van der Waals surface area contributed by atoms with Crippen LogP contribution in [0.25, 0.3) is 0 Å². The van der Waals surface area contributed by atoms with Crippen LogP contribution in [0, 0.1) is 0 Å². The van der Waals surface area contributed by atoms with Gasteiger partial charge in [-0.05, 0) is 12.1 Å². The van der Waals surface area contributed by atoms with E-state index in [2.05, 4.69) is 41.5 Å². The molecular weight excluding hydrogens is 272 g/mol. The SMILES string of the molecule is CCNC(c1ccccc1)C(C)Sc1n[nH]c(=O)n1C. The lowest BCUT2D eigenvalue weighted by Crippen LogP contribution is -2.28. The third-order valence-electron chi connectivity index (χ3n) is 3.18. The van der Waals surface area contributed by atoms with Crippen molar-refractivity contribution >= 4 is 11.8 Å². The molecule has 2 aromatic rings. The Bertz CT molecular complexity index is 593. The van der Waals surface area contributed by atoms with Crippen molar-refractivity contribution in [1.82, 2.24) is 20.1 Å². The number of aromatic amines is 1. The molecule has 1 aromatic carbocycles. The topological polar surface area (TPSA) is 62.7 Å². The van der Waals surface area contributed by atoms with Gasteiger partial charge in [0.15, 0.2) is 5.16 Å². The van der Waals surface area contributed by atoms with Gasteiger partial charge in [-0.3, -0.25) is 4.57 Å². The summed E-state index contributed by atoms with van der Waals surface area (Å²) >= 11 is 1.59. The summed E-state index contributed by atoms with van der Waals surface area (Å²) < 4.78 is 1.54. The minimum Gasteiger partial charge on any atom is -0.309 e. The van der Waals surface area contributed by atoms with Gasteiger partial charge < -0.3 is 5.32 Å². The molecule has 1 aromatic heterocycles. The van der Waals surface area contributed by atoms with Crippen LogP contribution in [0.2, 0.25) is 0 Å². The molecule has 5 nitrogen and oxygen atoms in total. The van der Waals surface area contributed by atoms with Crippen molar-refractivity contribution in [2.24, 2.45) is 7.05 Å². The number of benzene rings is 1. The summed E-state index contributed by atoms with van der Waals surface area (Å²) in [7, 11) is 1.73. The van der Waals surface area contributed by atoms with Crippen LogP contribution in [0.3, 0.4) is 0 Å². The summed E-state index contributed by atoms with van der Waals surface area (Å²) in [6.07, 6.45) is 0. The van der Waals surface area contributed by atoms with Crippen LogP contribution in [0.15, 0.2) is 40.3 Å².